The molecule has 0 spiro atoms. The molecule has 4 aliphatic heterocycles. The number of nitrogens with zero attached hydrogens (tertiary/aromatic N) is 3. The highest BCUT2D eigenvalue weighted by Crippen LogP contribution is 2.46. The van der Waals surface area contributed by atoms with Gasteiger partial charge in [0.25, 0.3) is 5.91 Å². The highest BCUT2D eigenvalue weighted by Gasteiger charge is 2.45. The first-order chi connectivity index (χ1) is 26.6. The van der Waals surface area contributed by atoms with E-state index in [0.717, 1.165) is 83.1 Å². The van der Waals surface area contributed by atoms with Gasteiger partial charge in [0, 0.05) is 82.8 Å². The molecule has 1 amide bonds. The van der Waals surface area contributed by atoms with Gasteiger partial charge in [-0.05, 0) is 92.7 Å². The summed E-state index contributed by atoms with van der Waals surface area (Å²) in [7, 11) is 1.96. The number of anilines is 1. The summed E-state index contributed by atoms with van der Waals surface area (Å²) in [6.07, 6.45) is 9.28. The Labute approximate surface area is 336 Å². The summed E-state index contributed by atoms with van der Waals surface area (Å²) in [4.78, 5) is 22.8. The van der Waals surface area contributed by atoms with Crippen molar-refractivity contribution in [3.05, 3.63) is 64.3 Å². The van der Waals surface area contributed by atoms with Crippen molar-refractivity contribution in [2.24, 2.45) is 17.8 Å². The second kappa shape index (κ2) is 21.3. The van der Waals surface area contributed by atoms with Crippen LogP contribution in [0.4, 0.5) is 5.82 Å². The number of halogens is 1. The molecule has 5 heterocycles. The molecular formula is C42H64ClN5O6S. The van der Waals surface area contributed by atoms with Crippen LogP contribution in [0.3, 0.4) is 0 Å². The number of piperazine rings is 1. The predicted molar refractivity (Wildman–Crippen MR) is 222 cm³/mol. The summed E-state index contributed by atoms with van der Waals surface area (Å²) in [6, 6.07) is 10.3. The average Bonchev–Trinajstić information content (AvgIpc) is 3.35. The van der Waals surface area contributed by atoms with Gasteiger partial charge in [0.1, 0.15) is 16.7 Å². The van der Waals surface area contributed by atoms with Gasteiger partial charge in [0.05, 0.1) is 25.4 Å². The Morgan fingerprint density at radius 2 is 1.93 bits per heavy atom. The Kier molecular flexibility index (Phi) is 16.8. The summed E-state index contributed by atoms with van der Waals surface area (Å²) in [6.45, 7) is 17.6. The predicted octanol–water partition coefficient (Wildman–Crippen LogP) is 6.03. The standard InChI is InChI=1S/C32H42ClN3O4S.C7H14N2O.C3H8O/c1-5-7-22-16-25(33)10-11-26(22)24-18-36-17-23-9-12-27(23)32(3,39-4)15-6-8-21(2)20-41(38)35-31(37)28-13-14-29(40-19-24)30(36)34-28;1-2-9-3-4-10-6-7(9)5-8-1;1-3-4-2/h6,10-11,13-16,21,23-24,27H,5,7-9,12,17-20H2,1-4H3,(H,35,37);7-8H,1-6H2;3H2,1-2H3/b15-6+;;/t21?,23?,24?,27?,32-,41?;;/m0../s1. The Hall–Kier alpha value is -2.58. The molecule has 1 saturated carbocycles. The molecule has 13 heteroatoms. The van der Waals surface area contributed by atoms with Crippen LogP contribution >= 0.6 is 11.6 Å². The van der Waals surface area contributed by atoms with Gasteiger partial charge < -0.3 is 29.2 Å². The Morgan fingerprint density at radius 3 is 2.64 bits per heavy atom. The number of aromatic nitrogens is 1. The number of carbonyl (C=O) groups is 1. The molecule has 1 aliphatic carbocycles. The Balaban J connectivity index is 0.000000346. The molecule has 0 radical (unpaired) electrons. The number of aryl methyl sites for hydroxylation is 1. The van der Waals surface area contributed by atoms with Crippen LogP contribution < -0.4 is 19.7 Å². The van der Waals surface area contributed by atoms with Crippen LogP contribution in [0.1, 0.15) is 80.9 Å². The number of allylic oxidation sites excluding steroid dienone is 1. The topological polar surface area (TPSA) is 114 Å². The van der Waals surface area contributed by atoms with Gasteiger partial charge in [-0.15, -0.1) is 0 Å². The number of hydrogen-bond donors (Lipinski definition) is 2. The van der Waals surface area contributed by atoms with E-state index in [1.165, 1.54) is 17.7 Å². The van der Waals surface area contributed by atoms with Crippen molar-refractivity contribution in [1.82, 2.24) is 19.9 Å². The van der Waals surface area contributed by atoms with E-state index in [4.69, 9.17) is 30.8 Å². The van der Waals surface area contributed by atoms with E-state index in [9.17, 15) is 9.00 Å². The molecule has 7 rings (SSSR count). The zero-order valence-electron chi connectivity index (χ0n) is 33.8. The first-order valence-corrected chi connectivity index (χ1v) is 21.9. The lowest BCUT2D eigenvalue weighted by Crippen LogP contribution is -2.56. The molecular weight excluding hydrogens is 738 g/mol. The largest absolute Gasteiger partial charge is 0.489 e. The van der Waals surface area contributed by atoms with Crippen LogP contribution in [0.2, 0.25) is 5.02 Å². The fourth-order valence-corrected chi connectivity index (χ4v) is 9.44. The number of rotatable bonds is 5. The Bertz CT molecular complexity index is 1570. The minimum Gasteiger partial charge on any atom is -0.489 e. The van der Waals surface area contributed by atoms with E-state index in [-0.39, 0.29) is 17.5 Å². The van der Waals surface area contributed by atoms with Crippen LogP contribution in [0, 0.1) is 17.8 Å². The average molecular weight is 803 g/mol. The van der Waals surface area contributed by atoms with Crippen LogP contribution in [0.15, 0.2) is 42.5 Å². The second-order valence-corrected chi connectivity index (χ2v) is 17.3. The third-order valence-corrected chi connectivity index (χ3v) is 13.1. The number of nitrogens with one attached hydrogen (secondary N) is 2. The van der Waals surface area contributed by atoms with E-state index in [2.05, 4.69) is 62.7 Å². The van der Waals surface area contributed by atoms with Crippen LogP contribution in [-0.2, 0) is 31.6 Å². The van der Waals surface area contributed by atoms with Crippen molar-refractivity contribution in [3.63, 3.8) is 0 Å². The maximum Gasteiger partial charge on any atom is 0.281 e. The molecule has 6 unspecified atom stereocenters. The van der Waals surface area contributed by atoms with E-state index < -0.39 is 22.5 Å². The van der Waals surface area contributed by atoms with E-state index in [0.29, 0.717) is 48.3 Å². The van der Waals surface area contributed by atoms with E-state index >= 15 is 0 Å². The minimum atomic E-state index is -1.51. The van der Waals surface area contributed by atoms with Gasteiger partial charge in [0.2, 0.25) is 0 Å². The molecule has 2 N–H and O–H groups in total. The summed E-state index contributed by atoms with van der Waals surface area (Å²) >= 11 is 6.40. The number of hydrogen-bond acceptors (Lipinski definition) is 10. The molecule has 2 aromatic rings. The molecule has 7 atom stereocenters. The molecule has 1 aromatic carbocycles. The van der Waals surface area contributed by atoms with Crippen molar-refractivity contribution >= 4 is 34.3 Å². The Morgan fingerprint density at radius 1 is 1.11 bits per heavy atom. The first kappa shape index (κ1) is 43.5. The quantitative estimate of drug-likeness (QED) is 0.348. The number of fused-ring (bicyclic) bond motifs is 3. The van der Waals surface area contributed by atoms with E-state index in [1.807, 2.05) is 26.0 Å². The number of amides is 1. The zero-order chi connectivity index (χ0) is 39.4. The number of ether oxygens (including phenoxy) is 4. The maximum atomic E-state index is 13.1. The summed E-state index contributed by atoms with van der Waals surface area (Å²) in [5.41, 5.74) is 2.34. The molecule has 5 aliphatic rings. The molecule has 2 bridgehead atoms. The summed E-state index contributed by atoms with van der Waals surface area (Å²) in [5, 5.41) is 4.11. The number of pyridine rings is 1. The fourth-order valence-electron chi connectivity index (χ4n) is 8.19. The second-order valence-electron chi connectivity index (χ2n) is 15.6. The van der Waals surface area contributed by atoms with E-state index in [1.54, 1.807) is 20.3 Å². The molecule has 3 fully saturated rings. The van der Waals surface area contributed by atoms with Crippen molar-refractivity contribution in [3.8, 4) is 5.75 Å². The maximum absolute atomic E-state index is 13.1. The lowest BCUT2D eigenvalue weighted by atomic mass is 9.64. The highest BCUT2D eigenvalue weighted by atomic mass is 35.5. The van der Waals surface area contributed by atoms with Crippen molar-refractivity contribution in [2.45, 2.75) is 77.4 Å². The smallest absolute Gasteiger partial charge is 0.281 e. The molecule has 11 nitrogen and oxygen atoms in total. The molecule has 1 aromatic heterocycles. The van der Waals surface area contributed by atoms with Crippen LogP contribution in [0.5, 0.6) is 5.75 Å². The first-order valence-electron chi connectivity index (χ1n) is 20.2. The molecule has 2 saturated heterocycles. The van der Waals surface area contributed by atoms with Gasteiger partial charge >= 0.3 is 0 Å². The summed E-state index contributed by atoms with van der Waals surface area (Å²) < 4.78 is 37.9. The number of morpholine rings is 1. The lowest BCUT2D eigenvalue weighted by Gasteiger charge is -2.48. The van der Waals surface area contributed by atoms with Crippen molar-refractivity contribution in [2.75, 3.05) is 90.6 Å². The zero-order valence-corrected chi connectivity index (χ0v) is 35.4. The normalized spacial score (nSPS) is 30.2. The number of benzene rings is 1. The highest BCUT2D eigenvalue weighted by molar-refractivity contribution is 7.83. The third kappa shape index (κ3) is 11.7. The monoisotopic (exact) mass is 801 g/mol. The van der Waals surface area contributed by atoms with Gasteiger partial charge in [-0.1, -0.05) is 50.1 Å². The SMILES string of the molecule is C1CN2CCOCC2CN1.CCCc1cc(Cl)ccc1C1COc2ccc3nc2N(C1)CC1CCC1[C@@](C)(OC)/C=C/CC(C)CS(=O)NC3=O.CCOC. The van der Waals surface area contributed by atoms with Crippen LogP contribution in [-0.4, -0.2) is 117 Å². The molecule has 306 valence electrons. The van der Waals surface area contributed by atoms with Gasteiger partial charge in [-0.2, -0.15) is 0 Å². The third-order valence-electron chi connectivity index (χ3n) is 11.6. The molecule has 55 heavy (non-hydrogen) atoms. The van der Waals surface area contributed by atoms with Crippen LogP contribution in [0.25, 0.3) is 0 Å². The lowest BCUT2D eigenvalue weighted by molar-refractivity contribution is -0.0621. The number of methoxy groups -OCH3 is 2. The van der Waals surface area contributed by atoms with Gasteiger partial charge in [0.15, 0.2) is 11.6 Å². The number of carbonyl (C=O) groups excluding carboxylic acids is 1. The van der Waals surface area contributed by atoms with Crippen molar-refractivity contribution < 1.29 is 28.0 Å². The van der Waals surface area contributed by atoms with Gasteiger partial charge in [-0.3, -0.25) is 14.4 Å². The summed E-state index contributed by atoms with van der Waals surface area (Å²) in [5.74, 6) is 2.26. The minimum absolute atomic E-state index is 0.104. The fraction of sp³-hybridized carbons (Fsp3) is 0.667. The van der Waals surface area contributed by atoms with Gasteiger partial charge in [-0.25, -0.2) is 9.19 Å². The van der Waals surface area contributed by atoms with Crippen molar-refractivity contribution in [1.29, 1.82) is 0 Å².